The van der Waals surface area contributed by atoms with Crippen LogP contribution >= 0.6 is 0 Å². The summed E-state index contributed by atoms with van der Waals surface area (Å²) in [6.45, 7) is 5.92. The van der Waals surface area contributed by atoms with Gasteiger partial charge in [0.1, 0.15) is 0 Å². The quantitative estimate of drug-likeness (QED) is 0.809. The van der Waals surface area contributed by atoms with E-state index in [-0.39, 0.29) is 28.9 Å². The van der Waals surface area contributed by atoms with Crippen LogP contribution in [0.15, 0.2) is 0 Å². The second-order valence-corrected chi connectivity index (χ2v) is 9.65. The van der Waals surface area contributed by atoms with Gasteiger partial charge in [0.05, 0.1) is 17.6 Å². The first-order valence-corrected chi connectivity index (χ1v) is 9.31. The maximum absolute atomic E-state index is 11.6. The number of fused-ring (bicyclic) bond motifs is 1. The fraction of sp³-hybridized carbons (Fsp3) is 1.00. The van der Waals surface area contributed by atoms with Gasteiger partial charge in [-0.2, -0.15) is 0 Å². The van der Waals surface area contributed by atoms with Crippen LogP contribution in [-0.2, 0) is 14.6 Å². The van der Waals surface area contributed by atoms with E-state index in [0.29, 0.717) is 11.7 Å². The summed E-state index contributed by atoms with van der Waals surface area (Å²) in [5.74, 6) is 1.01. The molecule has 1 saturated carbocycles. The van der Waals surface area contributed by atoms with E-state index in [1.54, 1.807) is 0 Å². The van der Waals surface area contributed by atoms with Crippen molar-refractivity contribution in [2.45, 2.75) is 44.4 Å². The highest BCUT2D eigenvalue weighted by molar-refractivity contribution is 7.91. The second-order valence-electron chi connectivity index (χ2n) is 7.42. The average Bonchev–Trinajstić information content (AvgIpc) is 2.94. The summed E-state index contributed by atoms with van der Waals surface area (Å²) < 4.78 is 29.1. The number of ether oxygens (including phenoxy) is 1. The molecular weight excluding hydrogens is 276 g/mol. The molecule has 6 heteroatoms. The van der Waals surface area contributed by atoms with E-state index in [9.17, 15) is 8.42 Å². The Labute approximate surface area is 121 Å². The molecule has 1 aliphatic carbocycles. The van der Waals surface area contributed by atoms with Crippen molar-refractivity contribution in [1.82, 2.24) is 4.90 Å². The van der Waals surface area contributed by atoms with Gasteiger partial charge in [-0.3, -0.25) is 0 Å². The monoisotopic (exact) mass is 302 g/mol. The van der Waals surface area contributed by atoms with Crippen LogP contribution < -0.4 is 5.73 Å². The second kappa shape index (κ2) is 4.41. The van der Waals surface area contributed by atoms with Crippen LogP contribution in [0, 0.1) is 11.3 Å². The van der Waals surface area contributed by atoms with Gasteiger partial charge in [0, 0.05) is 36.1 Å². The first-order valence-electron chi connectivity index (χ1n) is 7.48. The number of hydrogen-bond donors (Lipinski definition) is 1. The maximum atomic E-state index is 11.6. The summed E-state index contributed by atoms with van der Waals surface area (Å²) in [6.07, 6.45) is 2.04. The predicted octanol–water partition coefficient (Wildman–Crippen LogP) is 0.248. The van der Waals surface area contributed by atoms with E-state index >= 15 is 0 Å². The molecule has 0 radical (unpaired) electrons. The van der Waals surface area contributed by atoms with Crippen LogP contribution in [0.1, 0.15) is 26.7 Å². The lowest BCUT2D eigenvalue weighted by molar-refractivity contribution is -0.163. The number of nitrogens with two attached hydrogens (primary N) is 1. The van der Waals surface area contributed by atoms with Crippen LogP contribution in [0.2, 0.25) is 0 Å². The van der Waals surface area contributed by atoms with Gasteiger partial charge >= 0.3 is 0 Å². The molecule has 0 aromatic carbocycles. The summed E-state index contributed by atoms with van der Waals surface area (Å²) in [6, 6.07) is 0.123. The van der Waals surface area contributed by atoms with Gasteiger partial charge < -0.3 is 15.4 Å². The molecule has 2 aliphatic heterocycles. The third-order valence-electron chi connectivity index (χ3n) is 6.01. The highest BCUT2D eigenvalue weighted by Gasteiger charge is 2.67. The van der Waals surface area contributed by atoms with Crippen molar-refractivity contribution in [3.63, 3.8) is 0 Å². The van der Waals surface area contributed by atoms with Gasteiger partial charge in [-0.15, -0.1) is 0 Å². The Morgan fingerprint density at radius 2 is 2.05 bits per heavy atom. The van der Waals surface area contributed by atoms with Crippen molar-refractivity contribution in [1.29, 1.82) is 0 Å². The van der Waals surface area contributed by atoms with E-state index in [0.717, 1.165) is 26.0 Å². The summed E-state index contributed by atoms with van der Waals surface area (Å²) >= 11 is 0. The van der Waals surface area contributed by atoms with Gasteiger partial charge in [-0.05, 0) is 19.9 Å². The van der Waals surface area contributed by atoms with Crippen molar-refractivity contribution in [2.24, 2.45) is 17.1 Å². The topological polar surface area (TPSA) is 72.6 Å². The standard InChI is InChI=1S/C14H26N2O3S/c1-13(2)12-11(4-6-19-12)14(13,15)9-16(3)10-5-7-20(17,18)8-10/h10-12H,4-9,15H2,1-3H3. The molecule has 20 heavy (non-hydrogen) atoms. The van der Waals surface area contributed by atoms with E-state index in [1.807, 2.05) is 7.05 Å². The molecule has 0 aromatic rings. The first kappa shape index (κ1) is 14.8. The zero-order chi connectivity index (χ0) is 14.8. The lowest BCUT2D eigenvalue weighted by atomic mass is 9.48. The van der Waals surface area contributed by atoms with Crippen molar-refractivity contribution in [3.05, 3.63) is 0 Å². The van der Waals surface area contributed by atoms with Crippen molar-refractivity contribution in [2.75, 3.05) is 31.7 Å². The molecular formula is C14H26N2O3S. The Bertz CT molecular complexity index is 505. The predicted molar refractivity (Wildman–Crippen MR) is 78.2 cm³/mol. The van der Waals surface area contributed by atoms with Gasteiger partial charge in [0.25, 0.3) is 0 Å². The highest BCUT2D eigenvalue weighted by atomic mass is 32.2. The highest BCUT2D eigenvalue weighted by Crippen LogP contribution is 2.58. The molecule has 5 nitrogen and oxygen atoms in total. The molecule has 3 rings (SSSR count). The minimum atomic E-state index is -2.84. The summed E-state index contributed by atoms with van der Waals surface area (Å²) in [4.78, 5) is 2.17. The van der Waals surface area contributed by atoms with Crippen LogP contribution in [0.3, 0.4) is 0 Å². The molecule has 3 fully saturated rings. The zero-order valence-electron chi connectivity index (χ0n) is 12.6. The molecule has 2 N–H and O–H groups in total. The number of nitrogens with zero attached hydrogens (tertiary/aromatic N) is 1. The number of hydrogen-bond acceptors (Lipinski definition) is 5. The molecule has 4 atom stereocenters. The normalized spacial score (nSPS) is 45.4. The average molecular weight is 302 g/mol. The Kier molecular flexibility index (Phi) is 3.26. The molecule has 116 valence electrons. The van der Waals surface area contributed by atoms with Gasteiger partial charge in [0.2, 0.25) is 0 Å². The molecule has 2 heterocycles. The Morgan fingerprint density at radius 1 is 1.35 bits per heavy atom. The number of rotatable bonds is 3. The molecule has 0 spiro atoms. The maximum Gasteiger partial charge on any atom is 0.151 e. The van der Waals surface area contributed by atoms with Crippen molar-refractivity contribution < 1.29 is 13.2 Å². The molecule has 4 unspecified atom stereocenters. The summed E-state index contributed by atoms with van der Waals surface area (Å²) in [5.41, 5.74) is 6.42. The van der Waals surface area contributed by atoms with Crippen molar-refractivity contribution in [3.8, 4) is 0 Å². The fourth-order valence-corrected chi connectivity index (χ4v) is 6.27. The number of sulfone groups is 1. The van der Waals surface area contributed by atoms with Crippen LogP contribution in [-0.4, -0.2) is 62.7 Å². The van der Waals surface area contributed by atoms with Crippen molar-refractivity contribution >= 4 is 9.84 Å². The lowest BCUT2D eigenvalue weighted by Gasteiger charge is -2.63. The smallest absolute Gasteiger partial charge is 0.151 e. The van der Waals surface area contributed by atoms with Crippen LogP contribution in [0.25, 0.3) is 0 Å². The van der Waals surface area contributed by atoms with E-state index in [2.05, 4.69) is 18.7 Å². The Hall–Kier alpha value is -0.170. The SMILES string of the molecule is CN(CC1(N)C2CCOC2C1(C)C)C1CCS(=O)(=O)C1. The van der Waals surface area contributed by atoms with Crippen LogP contribution in [0.5, 0.6) is 0 Å². The third kappa shape index (κ3) is 1.95. The van der Waals surface area contributed by atoms with E-state index in [4.69, 9.17) is 10.5 Å². The zero-order valence-corrected chi connectivity index (χ0v) is 13.4. The first-order chi connectivity index (χ1) is 9.17. The Balaban J connectivity index is 1.71. The lowest BCUT2D eigenvalue weighted by Crippen LogP contribution is -2.78. The van der Waals surface area contributed by atoms with Gasteiger partial charge in [-0.25, -0.2) is 8.42 Å². The van der Waals surface area contributed by atoms with E-state index < -0.39 is 9.84 Å². The minimum absolute atomic E-state index is 0.0418. The summed E-state index contributed by atoms with van der Waals surface area (Å²) in [5, 5.41) is 0. The molecule has 0 bridgehead atoms. The van der Waals surface area contributed by atoms with Gasteiger partial charge in [-0.1, -0.05) is 13.8 Å². The molecule has 0 aromatic heterocycles. The van der Waals surface area contributed by atoms with Crippen LogP contribution in [0.4, 0.5) is 0 Å². The molecule has 0 amide bonds. The largest absolute Gasteiger partial charge is 0.377 e. The third-order valence-corrected chi connectivity index (χ3v) is 7.76. The van der Waals surface area contributed by atoms with E-state index in [1.165, 1.54) is 0 Å². The molecule has 2 saturated heterocycles. The fourth-order valence-electron chi connectivity index (χ4n) is 4.46. The molecule has 3 aliphatic rings. The van der Waals surface area contributed by atoms with Gasteiger partial charge in [0.15, 0.2) is 9.84 Å². The Morgan fingerprint density at radius 3 is 2.65 bits per heavy atom. The minimum Gasteiger partial charge on any atom is -0.377 e. The number of likely N-dealkylation sites (N-methyl/N-ethyl adjacent to an activating group) is 1. The summed E-state index contributed by atoms with van der Waals surface area (Å²) in [7, 11) is -0.825.